The highest BCUT2D eigenvalue weighted by molar-refractivity contribution is 7.94. The molecule has 0 aliphatic carbocycles. The molecule has 2 rings (SSSR count). The second-order valence-electron chi connectivity index (χ2n) is 5.75. The van der Waals surface area contributed by atoms with Crippen LogP contribution in [0, 0.1) is 0 Å². The lowest BCUT2D eigenvalue weighted by molar-refractivity contribution is 0.0737. The Morgan fingerprint density at radius 2 is 2.20 bits per heavy atom. The van der Waals surface area contributed by atoms with Crippen molar-refractivity contribution in [3.05, 3.63) is 41.1 Å². The summed E-state index contributed by atoms with van der Waals surface area (Å²) in [5, 5.41) is 11.2. The third-order valence-corrected chi connectivity index (χ3v) is 4.74. The second kappa shape index (κ2) is 5.27. The predicted octanol–water partition coefficient (Wildman–Crippen LogP) is 1.05. The van der Waals surface area contributed by atoms with Crippen molar-refractivity contribution < 1.29 is 13.5 Å². The first-order valence-electron chi connectivity index (χ1n) is 6.46. The van der Waals surface area contributed by atoms with Crippen LogP contribution in [0.3, 0.4) is 0 Å². The van der Waals surface area contributed by atoms with Crippen LogP contribution in [0.4, 0.5) is 0 Å². The summed E-state index contributed by atoms with van der Waals surface area (Å²) in [6.07, 6.45) is 3.38. The molecule has 1 atom stereocenters. The molecule has 0 bridgehead atoms. The van der Waals surface area contributed by atoms with E-state index >= 15 is 0 Å². The first-order valence-corrected chi connectivity index (χ1v) is 8.18. The van der Waals surface area contributed by atoms with E-state index in [0.29, 0.717) is 12.2 Å². The number of pyridine rings is 1. The van der Waals surface area contributed by atoms with E-state index in [1.54, 1.807) is 26.1 Å². The summed E-state index contributed by atoms with van der Waals surface area (Å²) < 4.78 is 22.9. The van der Waals surface area contributed by atoms with Crippen molar-refractivity contribution in [2.24, 2.45) is 0 Å². The fourth-order valence-corrected chi connectivity index (χ4v) is 3.52. The number of sulfone groups is 1. The summed E-state index contributed by atoms with van der Waals surface area (Å²) in [6, 6.07) is 3.63. The van der Waals surface area contributed by atoms with Gasteiger partial charge in [-0.15, -0.1) is 0 Å². The molecular weight excluding hydrogens is 276 g/mol. The summed E-state index contributed by atoms with van der Waals surface area (Å²) in [5.74, 6) is 0.132. The molecule has 6 heteroatoms. The first kappa shape index (κ1) is 15.2. The largest absolute Gasteiger partial charge is 0.384 e. The Bertz CT molecular complexity index is 618. The molecule has 1 aromatic heterocycles. The van der Waals surface area contributed by atoms with Crippen molar-refractivity contribution in [1.29, 1.82) is 0 Å². The van der Waals surface area contributed by atoms with Crippen LogP contribution < -0.4 is 0 Å². The first-order chi connectivity index (χ1) is 9.17. The van der Waals surface area contributed by atoms with Gasteiger partial charge < -0.3 is 5.11 Å². The van der Waals surface area contributed by atoms with E-state index in [9.17, 15) is 13.5 Å². The van der Waals surface area contributed by atoms with Gasteiger partial charge in [-0.3, -0.25) is 9.88 Å². The van der Waals surface area contributed by atoms with Crippen LogP contribution in [0.15, 0.2) is 29.8 Å². The molecule has 0 radical (unpaired) electrons. The number of aliphatic hydroxyl groups is 1. The highest BCUT2D eigenvalue weighted by Gasteiger charge is 2.25. The van der Waals surface area contributed by atoms with Crippen LogP contribution in [0.5, 0.6) is 0 Å². The molecule has 0 spiro atoms. The monoisotopic (exact) mass is 296 g/mol. The molecule has 0 saturated heterocycles. The Labute approximate surface area is 119 Å². The Morgan fingerprint density at radius 1 is 1.50 bits per heavy atom. The highest BCUT2D eigenvalue weighted by atomic mass is 32.2. The lowest BCUT2D eigenvalue weighted by Gasteiger charge is -2.23. The molecule has 1 unspecified atom stereocenters. The lowest BCUT2D eigenvalue weighted by atomic mass is 10.0. The van der Waals surface area contributed by atoms with E-state index in [1.165, 1.54) is 5.41 Å². The fourth-order valence-electron chi connectivity index (χ4n) is 2.15. The van der Waals surface area contributed by atoms with Crippen LogP contribution in [0.1, 0.15) is 25.1 Å². The summed E-state index contributed by atoms with van der Waals surface area (Å²) >= 11 is 0. The minimum Gasteiger partial charge on any atom is -0.384 e. The van der Waals surface area contributed by atoms with Crippen molar-refractivity contribution in [2.45, 2.75) is 32.0 Å². The summed E-state index contributed by atoms with van der Waals surface area (Å²) in [6.45, 7) is 3.99. The minimum absolute atomic E-state index is 0.0984. The van der Waals surface area contributed by atoms with E-state index < -0.39 is 15.4 Å². The van der Waals surface area contributed by atoms with Gasteiger partial charge >= 0.3 is 0 Å². The lowest BCUT2D eigenvalue weighted by Crippen LogP contribution is -2.32. The number of hydrogen-bond acceptors (Lipinski definition) is 5. The average molecular weight is 296 g/mol. The Balaban J connectivity index is 2.09. The molecule has 20 heavy (non-hydrogen) atoms. The van der Waals surface area contributed by atoms with E-state index in [4.69, 9.17) is 0 Å². The van der Waals surface area contributed by atoms with Crippen LogP contribution >= 0.6 is 0 Å². The SMILES string of the molecule is CN(Cc1ccnc(C(C)(C)O)c1)C1C=CS(=O)(=O)C1. The molecule has 1 N–H and O–H groups in total. The third kappa shape index (κ3) is 3.65. The highest BCUT2D eigenvalue weighted by Crippen LogP contribution is 2.20. The minimum atomic E-state index is -3.04. The Hall–Kier alpha value is -1.24. The van der Waals surface area contributed by atoms with Gasteiger partial charge in [0.25, 0.3) is 0 Å². The van der Waals surface area contributed by atoms with Gasteiger partial charge in [0.1, 0.15) is 5.60 Å². The van der Waals surface area contributed by atoms with E-state index in [0.717, 1.165) is 5.56 Å². The van der Waals surface area contributed by atoms with Gasteiger partial charge in [-0.1, -0.05) is 6.08 Å². The molecule has 0 saturated carbocycles. The molecule has 1 aliphatic heterocycles. The zero-order chi connectivity index (χ0) is 15.0. The maximum Gasteiger partial charge on any atom is 0.173 e. The Morgan fingerprint density at radius 3 is 2.75 bits per heavy atom. The quantitative estimate of drug-likeness (QED) is 0.899. The number of hydrogen-bond donors (Lipinski definition) is 1. The molecule has 1 aliphatic rings. The second-order valence-corrected chi connectivity index (χ2v) is 7.68. The van der Waals surface area contributed by atoms with Gasteiger partial charge in [0.15, 0.2) is 9.84 Å². The van der Waals surface area contributed by atoms with Crippen molar-refractivity contribution >= 4 is 9.84 Å². The smallest absolute Gasteiger partial charge is 0.173 e. The van der Waals surface area contributed by atoms with Gasteiger partial charge in [-0.25, -0.2) is 8.42 Å². The maximum atomic E-state index is 11.4. The molecule has 110 valence electrons. The van der Waals surface area contributed by atoms with E-state index in [1.807, 2.05) is 24.1 Å². The predicted molar refractivity (Wildman–Crippen MR) is 77.7 cm³/mol. The summed E-state index contributed by atoms with van der Waals surface area (Å²) in [4.78, 5) is 6.14. The standard InChI is InChI=1S/C14H20N2O3S/c1-14(2,17)13-8-11(4-6-15-13)9-16(3)12-5-7-20(18,19)10-12/h4-8,12,17H,9-10H2,1-3H3. The van der Waals surface area contributed by atoms with Crippen molar-refractivity contribution in [3.63, 3.8) is 0 Å². The molecule has 0 amide bonds. The van der Waals surface area contributed by atoms with Crippen LogP contribution in [0.25, 0.3) is 0 Å². The van der Waals surface area contributed by atoms with Crippen molar-refractivity contribution in [1.82, 2.24) is 9.88 Å². The zero-order valence-corrected chi connectivity index (χ0v) is 12.8. The summed E-state index contributed by atoms with van der Waals surface area (Å²) in [5.41, 5.74) is 0.626. The third-order valence-electron chi connectivity index (χ3n) is 3.36. The van der Waals surface area contributed by atoms with Gasteiger partial charge in [0, 0.05) is 24.2 Å². The maximum absolute atomic E-state index is 11.4. The molecular formula is C14H20N2O3S. The van der Waals surface area contributed by atoms with Gasteiger partial charge in [0.05, 0.1) is 11.4 Å². The molecule has 5 nitrogen and oxygen atoms in total. The average Bonchev–Trinajstić information content (AvgIpc) is 2.69. The molecule has 0 fully saturated rings. The van der Waals surface area contributed by atoms with Crippen molar-refractivity contribution in [2.75, 3.05) is 12.8 Å². The fraction of sp³-hybridized carbons (Fsp3) is 0.500. The number of likely N-dealkylation sites (N-methyl/N-ethyl adjacent to an activating group) is 1. The number of aromatic nitrogens is 1. The van der Waals surface area contributed by atoms with Crippen LogP contribution in [-0.2, 0) is 22.0 Å². The van der Waals surface area contributed by atoms with E-state index in [-0.39, 0.29) is 11.8 Å². The molecule has 1 aromatic rings. The molecule has 2 heterocycles. The van der Waals surface area contributed by atoms with Crippen LogP contribution in [0.2, 0.25) is 0 Å². The number of nitrogens with zero attached hydrogens (tertiary/aromatic N) is 2. The van der Waals surface area contributed by atoms with Gasteiger partial charge in [-0.2, -0.15) is 0 Å². The van der Waals surface area contributed by atoms with Crippen LogP contribution in [-0.4, -0.2) is 42.3 Å². The summed E-state index contributed by atoms with van der Waals surface area (Å²) in [7, 11) is -1.15. The van der Waals surface area contributed by atoms with E-state index in [2.05, 4.69) is 4.98 Å². The normalized spacial score (nSPS) is 21.6. The molecule has 0 aromatic carbocycles. The topological polar surface area (TPSA) is 70.5 Å². The van der Waals surface area contributed by atoms with Gasteiger partial charge in [0.2, 0.25) is 0 Å². The zero-order valence-electron chi connectivity index (χ0n) is 11.9. The Kier molecular flexibility index (Phi) is 4.00. The van der Waals surface area contributed by atoms with Crippen molar-refractivity contribution in [3.8, 4) is 0 Å². The number of rotatable bonds is 4. The van der Waals surface area contributed by atoms with Gasteiger partial charge in [-0.05, 0) is 38.6 Å².